The van der Waals surface area contributed by atoms with Crippen molar-refractivity contribution < 1.29 is 9.47 Å². The maximum Gasteiger partial charge on any atom is 0.119 e. The third-order valence-electron chi connectivity index (χ3n) is 3.99. The van der Waals surface area contributed by atoms with Crippen molar-refractivity contribution in [3.8, 4) is 5.75 Å². The number of aryl methyl sites for hydroxylation is 1. The van der Waals surface area contributed by atoms with Gasteiger partial charge in [0.15, 0.2) is 0 Å². The Hall–Kier alpha value is -1.10. The summed E-state index contributed by atoms with van der Waals surface area (Å²) in [5.41, 5.74) is 1.36. The Labute approximate surface area is 128 Å². The topological polar surface area (TPSA) is 24.9 Å². The quantitative estimate of drug-likeness (QED) is 0.683. The zero-order valence-corrected chi connectivity index (χ0v) is 13.4. The van der Waals surface area contributed by atoms with Crippen LogP contribution in [-0.4, -0.2) is 69.9 Å². The second-order valence-electron chi connectivity index (χ2n) is 5.74. The van der Waals surface area contributed by atoms with Gasteiger partial charge in [0.1, 0.15) is 12.4 Å². The largest absolute Gasteiger partial charge is 0.491 e. The zero-order chi connectivity index (χ0) is 14.9. The Morgan fingerprint density at radius 3 is 2.67 bits per heavy atom. The lowest BCUT2D eigenvalue weighted by Crippen LogP contribution is -2.44. The Kier molecular flexibility index (Phi) is 7.00. The number of hydrogen-bond acceptors (Lipinski definition) is 4. The molecule has 1 aliphatic heterocycles. The van der Waals surface area contributed by atoms with Gasteiger partial charge in [-0.1, -0.05) is 12.1 Å². The smallest absolute Gasteiger partial charge is 0.119 e. The fraction of sp³-hybridized carbons (Fsp3) is 0.647. The minimum absolute atomic E-state index is 0.612. The lowest BCUT2D eigenvalue weighted by molar-refractivity contribution is 0.146. The molecule has 2 rings (SSSR count). The van der Waals surface area contributed by atoms with Crippen molar-refractivity contribution in [1.82, 2.24) is 9.80 Å². The van der Waals surface area contributed by atoms with E-state index in [2.05, 4.69) is 35.0 Å². The van der Waals surface area contributed by atoms with Gasteiger partial charge < -0.3 is 19.3 Å². The molecule has 1 aromatic rings. The summed E-state index contributed by atoms with van der Waals surface area (Å²) < 4.78 is 10.7. The van der Waals surface area contributed by atoms with Crippen molar-refractivity contribution >= 4 is 0 Å². The van der Waals surface area contributed by atoms with Crippen LogP contribution in [0.2, 0.25) is 0 Å². The molecule has 4 heteroatoms. The Morgan fingerprint density at radius 1 is 1.10 bits per heavy atom. The molecular formula is C17H28N2O2. The summed E-state index contributed by atoms with van der Waals surface area (Å²) in [5, 5.41) is 0. The van der Waals surface area contributed by atoms with Gasteiger partial charge in [-0.05, 0) is 44.1 Å². The van der Waals surface area contributed by atoms with Gasteiger partial charge in [0.05, 0.1) is 6.61 Å². The first-order valence-corrected chi connectivity index (χ1v) is 7.89. The van der Waals surface area contributed by atoms with Gasteiger partial charge in [0.25, 0.3) is 0 Å². The molecule has 0 spiro atoms. The van der Waals surface area contributed by atoms with Crippen LogP contribution >= 0.6 is 0 Å². The minimum atomic E-state index is 0.612. The first-order valence-electron chi connectivity index (χ1n) is 7.89. The number of rotatable bonds is 8. The average molecular weight is 292 g/mol. The molecule has 1 aliphatic rings. The van der Waals surface area contributed by atoms with Crippen LogP contribution in [0.3, 0.4) is 0 Å². The zero-order valence-electron chi connectivity index (χ0n) is 13.4. The van der Waals surface area contributed by atoms with E-state index in [0.29, 0.717) is 13.2 Å². The highest BCUT2D eigenvalue weighted by molar-refractivity contribution is 5.28. The van der Waals surface area contributed by atoms with Gasteiger partial charge in [-0.15, -0.1) is 0 Å². The summed E-state index contributed by atoms with van der Waals surface area (Å²) in [6.07, 6.45) is 2.33. The molecule has 0 radical (unpaired) electrons. The van der Waals surface area contributed by atoms with Crippen LogP contribution in [0, 0.1) is 0 Å². The molecule has 21 heavy (non-hydrogen) atoms. The van der Waals surface area contributed by atoms with Crippen molar-refractivity contribution in [1.29, 1.82) is 0 Å². The third kappa shape index (κ3) is 6.04. The first kappa shape index (κ1) is 16.3. The van der Waals surface area contributed by atoms with Gasteiger partial charge in [-0.3, -0.25) is 0 Å². The van der Waals surface area contributed by atoms with Gasteiger partial charge in [0.2, 0.25) is 0 Å². The van der Waals surface area contributed by atoms with Gasteiger partial charge in [-0.2, -0.15) is 0 Å². The molecule has 0 N–H and O–H groups in total. The highest BCUT2D eigenvalue weighted by Gasteiger charge is 2.12. The molecule has 0 saturated carbocycles. The summed E-state index contributed by atoms with van der Waals surface area (Å²) in [6, 6.07) is 8.43. The predicted octanol–water partition coefficient (Wildman–Crippen LogP) is 1.89. The number of likely N-dealkylation sites (N-methyl/N-ethyl adjacent to an activating group) is 1. The molecule has 0 unspecified atom stereocenters. The van der Waals surface area contributed by atoms with Crippen LogP contribution in [0.4, 0.5) is 0 Å². The summed E-state index contributed by atoms with van der Waals surface area (Å²) in [6.45, 7) is 7.25. The van der Waals surface area contributed by atoms with E-state index in [4.69, 9.17) is 9.47 Å². The standard InChI is InChI=1S/C17H28N2O2/c1-18-9-11-19(12-10-18)8-4-6-16-5-3-7-17(15-16)21-14-13-20-2/h3,5,7,15H,4,6,8-14H2,1-2H3. The van der Waals surface area contributed by atoms with Crippen LogP contribution in [0.15, 0.2) is 24.3 Å². The fourth-order valence-corrected chi connectivity index (χ4v) is 2.61. The van der Waals surface area contributed by atoms with Crippen molar-refractivity contribution in [2.45, 2.75) is 12.8 Å². The molecule has 4 nitrogen and oxygen atoms in total. The molecule has 0 aliphatic carbocycles. The van der Waals surface area contributed by atoms with Gasteiger partial charge >= 0.3 is 0 Å². The average Bonchev–Trinajstić information content (AvgIpc) is 2.50. The van der Waals surface area contributed by atoms with Crippen LogP contribution < -0.4 is 4.74 Å². The Balaban J connectivity index is 1.69. The highest BCUT2D eigenvalue weighted by atomic mass is 16.5. The van der Waals surface area contributed by atoms with Crippen molar-refractivity contribution in [2.75, 3.05) is 60.1 Å². The molecule has 1 heterocycles. The van der Waals surface area contributed by atoms with E-state index in [0.717, 1.165) is 12.2 Å². The lowest BCUT2D eigenvalue weighted by Gasteiger charge is -2.32. The van der Waals surface area contributed by atoms with Gasteiger partial charge in [0, 0.05) is 33.3 Å². The van der Waals surface area contributed by atoms with Crippen molar-refractivity contribution in [3.63, 3.8) is 0 Å². The van der Waals surface area contributed by atoms with E-state index in [-0.39, 0.29) is 0 Å². The second kappa shape index (κ2) is 9.03. The third-order valence-corrected chi connectivity index (χ3v) is 3.99. The second-order valence-corrected chi connectivity index (χ2v) is 5.74. The molecule has 0 aromatic heterocycles. The van der Waals surface area contributed by atoms with Gasteiger partial charge in [-0.25, -0.2) is 0 Å². The minimum Gasteiger partial charge on any atom is -0.491 e. The molecule has 1 fully saturated rings. The normalized spacial score (nSPS) is 17.0. The molecule has 0 bridgehead atoms. The van der Waals surface area contributed by atoms with E-state index in [9.17, 15) is 0 Å². The van der Waals surface area contributed by atoms with Crippen molar-refractivity contribution in [2.24, 2.45) is 0 Å². The van der Waals surface area contributed by atoms with Crippen molar-refractivity contribution in [3.05, 3.63) is 29.8 Å². The fourth-order valence-electron chi connectivity index (χ4n) is 2.61. The summed E-state index contributed by atoms with van der Waals surface area (Å²) >= 11 is 0. The molecule has 0 atom stereocenters. The monoisotopic (exact) mass is 292 g/mol. The molecule has 1 aromatic carbocycles. The molecule has 118 valence electrons. The number of piperazine rings is 1. The molecule has 0 amide bonds. The van der Waals surface area contributed by atoms with E-state index in [1.807, 2.05) is 6.07 Å². The van der Waals surface area contributed by atoms with E-state index in [1.165, 1.54) is 44.7 Å². The maximum absolute atomic E-state index is 5.65. The number of hydrogen-bond donors (Lipinski definition) is 0. The maximum atomic E-state index is 5.65. The summed E-state index contributed by atoms with van der Waals surface area (Å²) in [7, 11) is 3.89. The number of ether oxygens (including phenoxy) is 2. The van der Waals surface area contributed by atoms with Crippen LogP contribution in [0.1, 0.15) is 12.0 Å². The van der Waals surface area contributed by atoms with Crippen LogP contribution in [-0.2, 0) is 11.2 Å². The predicted molar refractivity (Wildman–Crippen MR) is 86.1 cm³/mol. The lowest BCUT2D eigenvalue weighted by atomic mass is 10.1. The Morgan fingerprint density at radius 2 is 1.90 bits per heavy atom. The number of benzene rings is 1. The molecule has 1 saturated heterocycles. The Bertz CT molecular complexity index is 404. The van der Waals surface area contributed by atoms with E-state index >= 15 is 0 Å². The molecular weight excluding hydrogens is 264 g/mol. The van der Waals surface area contributed by atoms with Crippen LogP contribution in [0.5, 0.6) is 5.75 Å². The first-order chi connectivity index (χ1) is 10.3. The van der Waals surface area contributed by atoms with E-state index < -0.39 is 0 Å². The summed E-state index contributed by atoms with van der Waals surface area (Å²) in [4.78, 5) is 4.97. The number of nitrogens with zero attached hydrogens (tertiary/aromatic N) is 2. The van der Waals surface area contributed by atoms with E-state index in [1.54, 1.807) is 7.11 Å². The SMILES string of the molecule is COCCOc1cccc(CCCN2CCN(C)CC2)c1. The highest BCUT2D eigenvalue weighted by Crippen LogP contribution is 2.15. The summed E-state index contributed by atoms with van der Waals surface area (Å²) in [5.74, 6) is 0.948. The van der Waals surface area contributed by atoms with Crippen LogP contribution in [0.25, 0.3) is 0 Å². The number of methoxy groups -OCH3 is 1.